The van der Waals surface area contributed by atoms with Crippen LogP contribution >= 0.6 is 0 Å². The summed E-state index contributed by atoms with van der Waals surface area (Å²) in [6.07, 6.45) is -1.60. The summed E-state index contributed by atoms with van der Waals surface area (Å²) in [6, 6.07) is -4.91. The molecule has 12 nitrogen and oxygen atoms in total. The minimum atomic E-state index is -1.46. The maximum Gasteiger partial charge on any atom is 0.326 e. The van der Waals surface area contributed by atoms with Crippen LogP contribution in [0.2, 0.25) is 0 Å². The fourth-order valence-electron chi connectivity index (χ4n) is 3.04. The second-order valence-corrected chi connectivity index (χ2v) is 8.99. The maximum absolute atomic E-state index is 12.8. The fourth-order valence-corrected chi connectivity index (χ4v) is 3.04. The predicted molar refractivity (Wildman–Crippen MR) is 119 cm³/mol. The number of carbonyl (C=O) groups excluding carboxylic acids is 3. The van der Waals surface area contributed by atoms with Gasteiger partial charge < -0.3 is 37.0 Å². The Morgan fingerprint density at radius 1 is 0.758 bits per heavy atom. The normalized spacial score (nSPS) is 15.8. The third-order valence-electron chi connectivity index (χ3n) is 4.73. The maximum atomic E-state index is 12.8. The van der Waals surface area contributed by atoms with Crippen molar-refractivity contribution >= 4 is 29.7 Å². The second-order valence-electron chi connectivity index (χ2n) is 8.99. The van der Waals surface area contributed by atoms with Crippen molar-refractivity contribution < 1.29 is 39.3 Å². The number of rotatable bonds is 15. The van der Waals surface area contributed by atoms with Crippen molar-refractivity contribution in [2.45, 2.75) is 90.6 Å². The molecule has 0 fully saturated rings. The Labute approximate surface area is 193 Å². The monoisotopic (exact) mass is 474 g/mol. The summed E-state index contributed by atoms with van der Waals surface area (Å²) < 4.78 is 0. The van der Waals surface area contributed by atoms with Gasteiger partial charge in [0, 0.05) is 6.42 Å². The Kier molecular flexibility index (Phi) is 13.2. The molecule has 0 aliphatic heterocycles. The Morgan fingerprint density at radius 3 is 1.70 bits per heavy atom. The van der Waals surface area contributed by atoms with E-state index in [1.165, 1.54) is 6.92 Å². The molecule has 190 valence electrons. The molecule has 12 heteroatoms. The van der Waals surface area contributed by atoms with Crippen LogP contribution in [-0.4, -0.2) is 75.3 Å². The Hall–Kier alpha value is -2.73. The van der Waals surface area contributed by atoms with Gasteiger partial charge in [0.2, 0.25) is 17.7 Å². The number of hydrogen-bond acceptors (Lipinski definition) is 7. The summed E-state index contributed by atoms with van der Waals surface area (Å²) >= 11 is 0. The highest BCUT2D eigenvalue weighted by atomic mass is 16.4. The molecular weight excluding hydrogens is 436 g/mol. The fraction of sp³-hybridized carbons (Fsp3) is 0.762. The number of carboxylic acid groups (broad SMARTS) is 2. The zero-order valence-corrected chi connectivity index (χ0v) is 19.8. The van der Waals surface area contributed by atoms with Gasteiger partial charge in [0.1, 0.15) is 18.1 Å². The third kappa shape index (κ3) is 12.2. The van der Waals surface area contributed by atoms with Gasteiger partial charge in [-0.2, -0.15) is 0 Å². The highest BCUT2D eigenvalue weighted by Crippen LogP contribution is 2.09. The van der Waals surface area contributed by atoms with Gasteiger partial charge in [-0.1, -0.05) is 27.7 Å². The topological polar surface area (TPSA) is 208 Å². The summed E-state index contributed by atoms with van der Waals surface area (Å²) in [4.78, 5) is 60.0. The van der Waals surface area contributed by atoms with E-state index in [1.807, 2.05) is 13.8 Å². The molecule has 3 amide bonds. The number of nitrogens with one attached hydrogen (secondary N) is 3. The highest BCUT2D eigenvalue weighted by Gasteiger charge is 2.32. The van der Waals surface area contributed by atoms with Gasteiger partial charge in [0.25, 0.3) is 0 Å². The SMILES string of the molecule is CC(C)CC(N)C(=O)NC(C(=O)NC(CC(C)C)C(=O)NC(CCC(=O)O)C(=O)O)C(C)O. The van der Waals surface area contributed by atoms with E-state index in [1.54, 1.807) is 13.8 Å². The van der Waals surface area contributed by atoms with Crippen LogP contribution in [0.3, 0.4) is 0 Å². The summed E-state index contributed by atoms with van der Waals surface area (Å²) in [5.41, 5.74) is 5.83. The van der Waals surface area contributed by atoms with Gasteiger partial charge in [-0.15, -0.1) is 0 Å². The van der Waals surface area contributed by atoms with E-state index in [-0.39, 0.29) is 24.7 Å². The Bertz CT molecular complexity index is 696. The number of carboxylic acids is 2. The number of carbonyl (C=O) groups is 5. The van der Waals surface area contributed by atoms with Crippen molar-refractivity contribution in [1.29, 1.82) is 0 Å². The summed E-state index contributed by atoms with van der Waals surface area (Å²) in [6.45, 7) is 8.61. The standard InChI is InChI=1S/C21H38N4O8/c1-10(2)8-13(22)18(29)25-17(12(5)26)20(31)24-15(9-11(3)4)19(30)23-14(21(32)33)6-7-16(27)28/h10-15,17,26H,6-9,22H2,1-5H3,(H,23,30)(H,24,31)(H,25,29)(H,27,28)(H,32,33). The van der Waals surface area contributed by atoms with Gasteiger partial charge >= 0.3 is 11.9 Å². The summed E-state index contributed by atoms with van der Waals surface area (Å²) in [5.74, 6) is -4.86. The van der Waals surface area contributed by atoms with E-state index in [0.717, 1.165) is 0 Å². The third-order valence-corrected chi connectivity index (χ3v) is 4.73. The number of aliphatic carboxylic acids is 2. The number of nitrogens with two attached hydrogens (primary N) is 1. The molecule has 0 bridgehead atoms. The molecule has 5 unspecified atom stereocenters. The van der Waals surface area contributed by atoms with Crippen LogP contribution in [0, 0.1) is 11.8 Å². The molecule has 0 aromatic heterocycles. The van der Waals surface area contributed by atoms with Gasteiger partial charge in [-0.05, 0) is 38.0 Å². The average Bonchev–Trinajstić information content (AvgIpc) is 2.66. The first kappa shape index (κ1) is 30.3. The minimum absolute atomic E-state index is 0.0811. The molecule has 0 aromatic rings. The molecule has 0 radical (unpaired) electrons. The zero-order chi connectivity index (χ0) is 25.9. The molecular formula is C21H38N4O8. The Balaban J connectivity index is 5.43. The summed E-state index contributed by atoms with van der Waals surface area (Å²) in [5, 5.41) is 35.1. The van der Waals surface area contributed by atoms with E-state index in [0.29, 0.717) is 6.42 Å². The molecule has 0 aromatic carbocycles. The van der Waals surface area contributed by atoms with Crippen molar-refractivity contribution in [1.82, 2.24) is 16.0 Å². The molecule has 5 atom stereocenters. The lowest BCUT2D eigenvalue weighted by molar-refractivity contribution is -0.143. The molecule has 0 aliphatic rings. The van der Waals surface area contributed by atoms with Crippen LogP contribution in [0.1, 0.15) is 60.3 Å². The second kappa shape index (κ2) is 14.4. The molecule has 0 spiro atoms. The first-order chi connectivity index (χ1) is 15.1. The predicted octanol–water partition coefficient (Wildman–Crippen LogP) is -0.809. The number of aliphatic hydroxyl groups excluding tert-OH is 1. The average molecular weight is 475 g/mol. The largest absolute Gasteiger partial charge is 0.481 e. The van der Waals surface area contributed by atoms with Crippen LogP contribution in [-0.2, 0) is 24.0 Å². The van der Waals surface area contributed by atoms with E-state index >= 15 is 0 Å². The van der Waals surface area contributed by atoms with Gasteiger partial charge in [0.05, 0.1) is 12.1 Å². The van der Waals surface area contributed by atoms with E-state index < -0.39 is 66.4 Å². The Morgan fingerprint density at radius 2 is 1.27 bits per heavy atom. The van der Waals surface area contributed by atoms with Gasteiger partial charge in [0.15, 0.2) is 0 Å². The quantitative estimate of drug-likeness (QED) is 0.158. The number of aliphatic hydroxyl groups is 1. The van der Waals surface area contributed by atoms with Crippen LogP contribution in [0.15, 0.2) is 0 Å². The van der Waals surface area contributed by atoms with Gasteiger partial charge in [-0.25, -0.2) is 4.79 Å². The van der Waals surface area contributed by atoms with Crippen molar-refractivity contribution in [2.75, 3.05) is 0 Å². The molecule has 0 aliphatic carbocycles. The first-order valence-electron chi connectivity index (χ1n) is 10.9. The molecule has 8 N–H and O–H groups in total. The zero-order valence-electron chi connectivity index (χ0n) is 19.8. The minimum Gasteiger partial charge on any atom is -0.481 e. The van der Waals surface area contributed by atoms with Crippen LogP contribution < -0.4 is 21.7 Å². The van der Waals surface area contributed by atoms with Crippen molar-refractivity contribution in [3.63, 3.8) is 0 Å². The smallest absolute Gasteiger partial charge is 0.326 e. The lowest BCUT2D eigenvalue weighted by Crippen LogP contribution is -2.60. The highest BCUT2D eigenvalue weighted by molar-refractivity contribution is 5.94. The van der Waals surface area contributed by atoms with E-state index in [2.05, 4.69) is 16.0 Å². The van der Waals surface area contributed by atoms with Crippen LogP contribution in [0.4, 0.5) is 0 Å². The molecule has 0 saturated heterocycles. The summed E-state index contributed by atoms with van der Waals surface area (Å²) in [7, 11) is 0. The van der Waals surface area contributed by atoms with Gasteiger partial charge in [-0.3, -0.25) is 19.2 Å². The molecule has 0 heterocycles. The number of hydrogen-bond donors (Lipinski definition) is 7. The lowest BCUT2D eigenvalue weighted by atomic mass is 10.0. The van der Waals surface area contributed by atoms with Crippen LogP contribution in [0.25, 0.3) is 0 Å². The van der Waals surface area contributed by atoms with Crippen molar-refractivity contribution in [2.24, 2.45) is 17.6 Å². The van der Waals surface area contributed by atoms with Crippen molar-refractivity contribution in [3.05, 3.63) is 0 Å². The lowest BCUT2D eigenvalue weighted by Gasteiger charge is -2.27. The number of amides is 3. The van der Waals surface area contributed by atoms with E-state index in [4.69, 9.17) is 10.8 Å². The van der Waals surface area contributed by atoms with Crippen LogP contribution in [0.5, 0.6) is 0 Å². The first-order valence-corrected chi connectivity index (χ1v) is 10.9. The molecule has 0 rings (SSSR count). The van der Waals surface area contributed by atoms with E-state index in [9.17, 15) is 34.2 Å². The molecule has 33 heavy (non-hydrogen) atoms. The van der Waals surface area contributed by atoms with Crippen molar-refractivity contribution in [3.8, 4) is 0 Å². The molecule has 0 saturated carbocycles.